The van der Waals surface area contributed by atoms with Gasteiger partial charge in [0.25, 0.3) is 5.91 Å². The van der Waals surface area contributed by atoms with Crippen LogP contribution in [-0.4, -0.2) is 31.6 Å². The number of carbonyl (C=O) groups excluding carboxylic acids is 1. The molecule has 0 aromatic heterocycles. The number of carbonyl (C=O) groups is 1. The summed E-state index contributed by atoms with van der Waals surface area (Å²) >= 11 is 0. The molecule has 0 saturated carbocycles. The first kappa shape index (κ1) is 13.9. The third-order valence-electron chi connectivity index (χ3n) is 3.41. The van der Waals surface area contributed by atoms with Gasteiger partial charge in [-0.1, -0.05) is 6.07 Å². The van der Waals surface area contributed by atoms with Crippen LogP contribution < -0.4 is 16.0 Å². The van der Waals surface area contributed by atoms with E-state index in [2.05, 4.69) is 16.0 Å². The van der Waals surface area contributed by atoms with Crippen LogP contribution in [-0.2, 0) is 0 Å². The highest BCUT2D eigenvalue weighted by molar-refractivity contribution is 5.95. The zero-order valence-electron chi connectivity index (χ0n) is 11.5. The lowest BCUT2D eigenvalue weighted by Gasteiger charge is -2.17. The van der Waals surface area contributed by atoms with Gasteiger partial charge in [-0.05, 0) is 57.5 Å². The van der Waals surface area contributed by atoms with Crippen LogP contribution in [0.2, 0.25) is 0 Å². The van der Waals surface area contributed by atoms with Gasteiger partial charge in [0, 0.05) is 23.8 Å². The highest BCUT2D eigenvalue weighted by Crippen LogP contribution is 2.16. The lowest BCUT2D eigenvalue weighted by atomic mass is 10.1. The summed E-state index contributed by atoms with van der Waals surface area (Å²) in [6.07, 6.45) is 3.51. The van der Waals surface area contributed by atoms with E-state index in [4.69, 9.17) is 0 Å². The van der Waals surface area contributed by atoms with Crippen LogP contribution in [0.15, 0.2) is 24.3 Å². The number of amides is 1. The smallest absolute Gasteiger partial charge is 0.251 e. The molecule has 1 unspecified atom stereocenters. The fourth-order valence-electron chi connectivity index (χ4n) is 2.41. The van der Waals surface area contributed by atoms with Crippen molar-refractivity contribution in [1.82, 2.24) is 10.6 Å². The Hall–Kier alpha value is -1.55. The Morgan fingerprint density at radius 2 is 2.26 bits per heavy atom. The Balaban J connectivity index is 1.99. The van der Waals surface area contributed by atoms with E-state index in [9.17, 15) is 4.79 Å². The second kappa shape index (κ2) is 7.14. The van der Waals surface area contributed by atoms with Crippen molar-refractivity contribution in [3.8, 4) is 0 Å². The summed E-state index contributed by atoms with van der Waals surface area (Å²) in [7, 11) is 0. The molecule has 19 heavy (non-hydrogen) atoms. The lowest BCUT2D eigenvalue weighted by molar-refractivity contribution is 0.0956. The third kappa shape index (κ3) is 4.24. The van der Waals surface area contributed by atoms with Gasteiger partial charge in [0.05, 0.1) is 0 Å². The first-order valence-corrected chi connectivity index (χ1v) is 7.15. The van der Waals surface area contributed by atoms with Crippen molar-refractivity contribution < 1.29 is 4.79 Å². The number of nitrogens with one attached hydrogen (secondary N) is 3. The Morgan fingerprint density at radius 3 is 3.11 bits per heavy atom. The van der Waals surface area contributed by atoms with Gasteiger partial charge in [-0.3, -0.25) is 4.79 Å². The van der Waals surface area contributed by atoms with Crippen LogP contribution >= 0.6 is 0 Å². The molecule has 4 heteroatoms. The average molecular weight is 261 g/mol. The highest BCUT2D eigenvalue weighted by Gasteiger charge is 2.12. The molecule has 1 aromatic carbocycles. The van der Waals surface area contributed by atoms with E-state index in [1.54, 1.807) is 0 Å². The fourth-order valence-corrected chi connectivity index (χ4v) is 2.41. The third-order valence-corrected chi connectivity index (χ3v) is 3.41. The quantitative estimate of drug-likeness (QED) is 0.777. The molecule has 1 fully saturated rings. The van der Waals surface area contributed by atoms with Crippen LogP contribution in [0.25, 0.3) is 0 Å². The van der Waals surface area contributed by atoms with Crippen LogP contribution in [0.4, 0.5) is 5.69 Å². The highest BCUT2D eigenvalue weighted by atomic mass is 16.1. The zero-order valence-corrected chi connectivity index (χ0v) is 11.5. The first-order chi connectivity index (χ1) is 9.29. The minimum Gasteiger partial charge on any atom is -0.382 e. The van der Waals surface area contributed by atoms with Crippen molar-refractivity contribution in [3.05, 3.63) is 29.8 Å². The summed E-state index contributed by atoms with van der Waals surface area (Å²) in [6, 6.07) is 8.25. The Morgan fingerprint density at radius 1 is 1.37 bits per heavy atom. The molecule has 1 amide bonds. The molecule has 4 nitrogen and oxygen atoms in total. The van der Waals surface area contributed by atoms with E-state index >= 15 is 0 Å². The topological polar surface area (TPSA) is 53.2 Å². The predicted molar refractivity (Wildman–Crippen MR) is 78.6 cm³/mol. The van der Waals surface area contributed by atoms with Gasteiger partial charge in [0.15, 0.2) is 0 Å². The molecule has 104 valence electrons. The monoisotopic (exact) mass is 261 g/mol. The second-order valence-electron chi connectivity index (χ2n) is 4.96. The molecule has 0 radical (unpaired) electrons. The van der Waals surface area contributed by atoms with Crippen molar-refractivity contribution in [2.75, 3.05) is 25.0 Å². The summed E-state index contributed by atoms with van der Waals surface area (Å²) < 4.78 is 0. The maximum atomic E-state index is 11.8. The second-order valence-corrected chi connectivity index (χ2v) is 4.96. The molecule has 1 aliphatic heterocycles. The van der Waals surface area contributed by atoms with Crippen LogP contribution in [0.3, 0.4) is 0 Å². The van der Waals surface area contributed by atoms with E-state index in [0.717, 1.165) is 30.8 Å². The molecule has 0 spiro atoms. The number of hydrogen-bond acceptors (Lipinski definition) is 3. The van der Waals surface area contributed by atoms with Crippen LogP contribution in [0.5, 0.6) is 0 Å². The van der Waals surface area contributed by atoms with Crippen molar-refractivity contribution in [2.24, 2.45) is 0 Å². The number of benzene rings is 1. The van der Waals surface area contributed by atoms with Gasteiger partial charge in [-0.25, -0.2) is 0 Å². The molecule has 1 atom stereocenters. The standard InChI is InChI=1S/C15H23N3O/c1-2-17-15(19)12-5-3-6-14(11-12)18-13-7-4-9-16-10-8-13/h3,5-6,11,13,16,18H,2,4,7-10H2,1H3,(H,17,19). The molecule has 1 heterocycles. The van der Waals surface area contributed by atoms with Crippen molar-refractivity contribution in [2.45, 2.75) is 32.2 Å². The van der Waals surface area contributed by atoms with E-state index in [1.807, 2.05) is 31.2 Å². The fraction of sp³-hybridized carbons (Fsp3) is 0.533. The normalized spacial score (nSPS) is 19.5. The van der Waals surface area contributed by atoms with Gasteiger partial charge >= 0.3 is 0 Å². The van der Waals surface area contributed by atoms with Gasteiger partial charge < -0.3 is 16.0 Å². The first-order valence-electron chi connectivity index (χ1n) is 7.15. The Labute approximate surface area is 115 Å². The van der Waals surface area contributed by atoms with Crippen molar-refractivity contribution >= 4 is 11.6 Å². The van der Waals surface area contributed by atoms with E-state index in [0.29, 0.717) is 12.6 Å². The van der Waals surface area contributed by atoms with E-state index in [-0.39, 0.29) is 5.91 Å². The summed E-state index contributed by atoms with van der Waals surface area (Å²) in [6.45, 7) is 4.76. The molecule has 0 bridgehead atoms. The van der Waals surface area contributed by atoms with Gasteiger partial charge in [-0.15, -0.1) is 0 Å². The van der Waals surface area contributed by atoms with Crippen molar-refractivity contribution in [3.63, 3.8) is 0 Å². The Kier molecular flexibility index (Phi) is 5.21. The van der Waals surface area contributed by atoms with Crippen LogP contribution in [0, 0.1) is 0 Å². The summed E-state index contributed by atoms with van der Waals surface area (Å²) in [4.78, 5) is 11.8. The number of rotatable bonds is 4. The number of anilines is 1. The molecule has 3 N–H and O–H groups in total. The van der Waals surface area contributed by atoms with E-state index in [1.165, 1.54) is 12.8 Å². The molecule has 2 rings (SSSR count). The lowest BCUT2D eigenvalue weighted by Crippen LogP contribution is -2.24. The maximum Gasteiger partial charge on any atom is 0.251 e. The van der Waals surface area contributed by atoms with Gasteiger partial charge in [0.1, 0.15) is 0 Å². The minimum absolute atomic E-state index is 0.00585. The SMILES string of the molecule is CCNC(=O)c1cccc(NC2CCCNCC2)c1. The molecular weight excluding hydrogens is 238 g/mol. The molecule has 1 aliphatic rings. The van der Waals surface area contributed by atoms with Gasteiger partial charge in [0.2, 0.25) is 0 Å². The molecule has 1 aromatic rings. The molecule has 0 aliphatic carbocycles. The Bertz CT molecular complexity index is 412. The predicted octanol–water partition coefficient (Wildman–Crippen LogP) is 1.99. The largest absolute Gasteiger partial charge is 0.382 e. The maximum absolute atomic E-state index is 11.8. The molecule has 1 saturated heterocycles. The van der Waals surface area contributed by atoms with Gasteiger partial charge in [-0.2, -0.15) is 0 Å². The van der Waals surface area contributed by atoms with Crippen molar-refractivity contribution in [1.29, 1.82) is 0 Å². The average Bonchev–Trinajstić information content (AvgIpc) is 2.68. The molecular formula is C15H23N3O. The summed E-state index contributed by atoms with van der Waals surface area (Å²) in [5.74, 6) is -0.00585. The van der Waals surface area contributed by atoms with E-state index < -0.39 is 0 Å². The summed E-state index contributed by atoms with van der Waals surface area (Å²) in [5, 5.41) is 9.77. The van der Waals surface area contributed by atoms with Crippen LogP contribution in [0.1, 0.15) is 36.5 Å². The zero-order chi connectivity index (χ0) is 13.5. The summed E-state index contributed by atoms with van der Waals surface area (Å²) in [5.41, 5.74) is 1.76. The number of hydrogen-bond donors (Lipinski definition) is 3. The minimum atomic E-state index is -0.00585.